The number of ether oxygens (including phenoxy) is 1. The van der Waals surface area contributed by atoms with Crippen LogP contribution < -0.4 is 5.73 Å². The van der Waals surface area contributed by atoms with Crippen LogP contribution in [0, 0.1) is 0 Å². The Morgan fingerprint density at radius 2 is 2.39 bits per heavy atom. The first kappa shape index (κ1) is 10.8. The zero-order chi connectivity index (χ0) is 12.5. The minimum atomic E-state index is -0.112. The van der Waals surface area contributed by atoms with E-state index in [4.69, 9.17) is 10.5 Å². The minimum Gasteiger partial charge on any atom is -0.474 e. The van der Waals surface area contributed by atoms with E-state index in [1.165, 1.54) is 6.33 Å². The van der Waals surface area contributed by atoms with Crippen molar-refractivity contribution in [2.24, 2.45) is 0 Å². The van der Waals surface area contributed by atoms with E-state index in [1.54, 1.807) is 6.33 Å². The van der Waals surface area contributed by atoms with Gasteiger partial charge in [-0.25, -0.2) is 15.0 Å². The second-order valence-corrected chi connectivity index (χ2v) is 4.05. The molecule has 0 spiro atoms. The Morgan fingerprint density at radius 1 is 1.50 bits per heavy atom. The van der Waals surface area contributed by atoms with Gasteiger partial charge in [-0.05, 0) is 6.08 Å². The quantitative estimate of drug-likeness (QED) is 0.831. The zero-order valence-electron chi connectivity index (χ0n) is 9.78. The fourth-order valence-electron chi connectivity index (χ4n) is 2.03. The highest BCUT2D eigenvalue weighted by Gasteiger charge is 2.22. The van der Waals surface area contributed by atoms with Gasteiger partial charge >= 0.3 is 0 Å². The molecule has 0 saturated heterocycles. The molecule has 0 aliphatic carbocycles. The lowest BCUT2D eigenvalue weighted by Crippen LogP contribution is -2.07. The zero-order valence-corrected chi connectivity index (χ0v) is 9.78. The molecule has 0 amide bonds. The maximum Gasteiger partial charge on any atom is 0.181 e. The van der Waals surface area contributed by atoms with E-state index in [2.05, 4.69) is 27.6 Å². The first-order valence-electron chi connectivity index (χ1n) is 5.69. The monoisotopic (exact) mass is 243 g/mol. The van der Waals surface area contributed by atoms with E-state index in [9.17, 15) is 0 Å². The molecule has 1 atom stereocenters. The summed E-state index contributed by atoms with van der Waals surface area (Å²) in [6.07, 6.45) is 8.41. The van der Waals surface area contributed by atoms with Crippen LogP contribution in [0.1, 0.15) is 19.1 Å². The molecule has 2 N–H and O–H groups in total. The van der Waals surface area contributed by atoms with Gasteiger partial charge in [-0.2, -0.15) is 0 Å². The maximum absolute atomic E-state index is 5.81. The third-order valence-corrected chi connectivity index (χ3v) is 2.88. The minimum absolute atomic E-state index is 0.112. The van der Waals surface area contributed by atoms with Crippen molar-refractivity contribution in [1.82, 2.24) is 19.5 Å². The summed E-state index contributed by atoms with van der Waals surface area (Å²) in [5.41, 5.74) is 7.05. The Hall–Kier alpha value is -2.37. The first-order chi connectivity index (χ1) is 8.79. The number of nitrogens with zero attached hydrogens (tertiary/aromatic N) is 4. The number of fused-ring (bicyclic) bond motifs is 1. The molecule has 3 heterocycles. The van der Waals surface area contributed by atoms with Gasteiger partial charge in [0, 0.05) is 12.8 Å². The molecule has 1 aliphatic rings. The average molecular weight is 243 g/mol. The van der Waals surface area contributed by atoms with Gasteiger partial charge in [-0.3, -0.25) is 4.57 Å². The Kier molecular flexibility index (Phi) is 2.47. The fraction of sp³-hybridized carbons (Fsp3) is 0.250. The predicted octanol–water partition coefficient (Wildman–Crippen LogP) is 1.79. The number of allylic oxidation sites excluding steroid dienone is 1. The summed E-state index contributed by atoms with van der Waals surface area (Å²) in [5.74, 6) is 1.31. The molecule has 92 valence electrons. The van der Waals surface area contributed by atoms with Crippen LogP contribution in [-0.4, -0.2) is 19.5 Å². The van der Waals surface area contributed by atoms with Crippen molar-refractivity contribution in [2.75, 3.05) is 5.73 Å². The molecular weight excluding hydrogens is 230 g/mol. The van der Waals surface area contributed by atoms with Crippen LogP contribution in [0.15, 0.2) is 37.1 Å². The van der Waals surface area contributed by atoms with E-state index in [-0.39, 0.29) is 6.23 Å². The van der Waals surface area contributed by atoms with Gasteiger partial charge in [-0.1, -0.05) is 6.08 Å². The second-order valence-electron chi connectivity index (χ2n) is 4.05. The molecule has 0 fully saturated rings. The molecule has 2 aromatic rings. The van der Waals surface area contributed by atoms with Crippen LogP contribution in [0.5, 0.6) is 0 Å². The largest absolute Gasteiger partial charge is 0.474 e. The molecule has 2 aromatic heterocycles. The smallest absolute Gasteiger partial charge is 0.181 e. The van der Waals surface area contributed by atoms with Crippen molar-refractivity contribution >= 4 is 17.0 Å². The lowest BCUT2D eigenvalue weighted by Gasteiger charge is -2.14. The highest BCUT2D eigenvalue weighted by atomic mass is 16.5. The van der Waals surface area contributed by atoms with Crippen molar-refractivity contribution in [3.8, 4) is 0 Å². The number of nitrogen functional groups attached to an aromatic ring is 1. The van der Waals surface area contributed by atoms with Crippen LogP contribution in [0.3, 0.4) is 0 Å². The number of aromatic nitrogens is 4. The van der Waals surface area contributed by atoms with Gasteiger partial charge in [-0.15, -0.1) is 6.58 Å². The Morgan fingerprint density at radius 3 is 3.22 bits per heavy atom. The molecular formula is C12H13N5O. The summed E-state index contributed by atoms with van der Waals surface area (Å²) in [4.78, 5) is 12.3. The summed E-state index contributed by atoms with van der Waals surface area (Å²) in [5, 5.41) is 0. The predicted molar refractivity (Wildman–Crippen MR) is 67.4 cm³/mol. The van der Waals surface area contributed by atoms with Crippen molar-refractivity contribution in [3.05, 3.63) is 37.1 Å². The number of hydrogen-bond acceptors (Lipinski definition) is 5. The topological polar surface area (TPSA) is 78.9 Å². The third-order valence-electron chi connectivity index (χ3n) is 2.88. The maximum atomic E-state index is 5.81. The average Bonchev–Trinajstić information content (AvgIpc) is 2.96. The van der Waals surface area contributed by atoms with E-state index in [0.29, 0.717) is 17.0 Å². The summed E-state index contributed by atoms with van der Waals surface area (Å²) in [6.45, 7) is 3.70. The molecule has 0 aromatic carbocycles. The number of nitrogens with two attached hydrogens (primary N) is 1. The molecule has 1 aliphatic heterocycles. The summed E-state index contributed by atoms with van der Waals surface area (Å²) in [7, 11) is 0. The lowest BCUT2D eigenvalue weighted by atomic mass is 10.3. The third kappa shape index (κ3) is 1.62. The van der Waals surface area contributed by atoms with E-state index in [0.717, 1.165) is 18.6 Å². The SMILES string of the molecule is C=CCC1=CC[C@H](n2cnc3c(N)ncnc32)O1. The summed E-state index contributed by atoms with van der Waals surface area (Å²) < 4.78 is 7.68. The number of rotatable bonds is 3. The molecule has 0 unspecified atom stereocenters. The van der Waals surface area contributed by atoms with Crippen molar-refractivity contribution in [2.45, 2.75) is 19.1 Å². The highest BCUT2D eigenvalue weighted by molar-refractivity contribution is 5.81. The molecule has 6 nitrogen and oxygen atoms in total. The molecule has 0 saturated carbocycles. The van der Waals surface area contributed by atoms with Gasteiger partial charge in [0.2, 0.25) is 0 Å². The Labute approximate surface area is 104 Å². The van der Waals surface area contributed by atoms with Gasteiger partial charge < -0.3 is 10.5 Å². The van der Waals surface area contributed by atoms with Gasteiger partial charge in [0.1, 0.15) is 18.2 Å². The summed E-state index contributed by atoms with van der Waals surface area (Å²) >= 11 is 0. The van der Waals surface area contributed by atoms with Crippen LogP contribution in [0.2, 0.25) is 0 Å². The van der Waals surface area contributed by atoms with Gasteiger partial charge in [0.15, 0.2) is 17.7 Å². The molecule has 0 bridgehead atoms. The van der Waals surface area contributed by atoms with Crippen LogP contribution in [0.25, 0.3) is 11.2 Å². The molecule has 6 heteroatoms. The van der Waals surface area contributed by atoms with Crippen LogP contribution in [-0.2, 0) is 4.74 Å². The van der Waals surface area contributed by atoms with E-state index >= 15 is 0 Å². The van der Waals surface area contributed by atoms with Crippen LogP contribution in [0.4, 0.5) is 5.82 Å². The first-order valence-corrected chi connectivity index (χ1v) is 5.69. The highest BCUT2D eigenvalue weighted by Crippen LogP contribution is 2.30. The molecule has 3 rings (SSSR count). The van der Waals surface area contributed by atoms with Gasteiger partial charge in [0.05, 0.1) is 5.76 Å². The number of anilines is 1. The standard InChI is InChI=1S/C12H13N5O/c1-2-3-8-4-5-9(18-8)17-7-16-10-11(13)14-6-15-12(10)17/h2,4,6-7,9H,1,3,5H2,(H2,13,14,15)/t9-/m1/s1. The Bertz CT molecular complexity index is 630. The van der Waals surface area contributed by atoms with Crippen molar-refractivity contribution in [3.63, 3.8) is 0 Å². The van der Waals surface area contributed by atoms with Crippen molar-refractivity contribution < 1.29 is 4.74 Å². The number of imidazole rings is 1. The summed E-state index contributed by atoms with van der Waals surface area (Å²) in [6, 6.07) is 0. The lowest BCUT2D eigenvalue weighted by molar-refractivity contribution is 0.0833. The van der Waals surface area contributed by atoms with E-state index in [1.807, 2.05) is 10.6 Å². The normalized spacial score (nSPS) is 18.7. The number of hydrogen-bond donors (Lipinski definition) is 1. The molecule has 18 heavy (non-hydrogen) atoms. The Balaban J connectivity index is 1.93. The fourth-order valence-corrected chi connectivity index (χ4v) is 2.03. The molecule has 0 radical (unpaired) electrons. The van der Waals surface area contributed by atoms with E-state index < -0.39 is 0 Å². The van der Waals surface area contributed by atoms with Crippen molar-refractivity contribution in [1.29, 1.82) is 0 Å². The van der Waals surface area contributed by atoms with Crippen LogP contribution >= 0.6 is 0 Å². The van der Waals surface area contributed by atoms with Gasteiger partial charge in [0.25, 0.3) is 0 Å². The second kappa shape index (κ2) is 4.14.